The van der Waals surface area contributed by atoms with Crippen LogP contribution in [0.4, 0.5) is 0 Å². The molecule has 0 bridgehead atoms. The fourth-order valence-electron chi connectivity index (χ4n) is 1.64. The van der Waals surface area contributed by atoms with Crippen molar-refractivity contribution >= 4 is 11.7 Å². The molecule has 23 heavy (non-hydrogen) atoms. The number of oxime groups is 1. The van der Waals surface area contributed by atoms with E-state index in [-0.39, 0.29) is 0 Å². The van der Waals surface area contributed by atoms with E-state index in [9.17, 15) is 4.79 Å². The van der Waals surface area contributed by atoms with Gasteiger partial charge < -0.3 is 15.3 Å². The van der Waals surface area contributed by atoms with Crippen LogP contribution in [0.15, 0.2) is 29.4 Å². The Hall–Kier alpha value is -1.88. The van der Waals surface area contributed by atoms with Crippen molar-refractivity contribution in [2.75, 3.05) is 13.7 Å². The summed E-state index contributed by atoms with van der Waals surface area (Å²) in [5.74, 6) is -0.847. The second kappa shape index (κ2) is 15.0. The topological polar surface area (TPSA) is 70.9 Å². The first-order valence-electron chi connectivity index (χ1n) is 8.24. The number of hydrogen-bond donors (Lipinski definition) is 2. The van der Waals surface area contributed by atoms with E-state index < -0.39 is 12.0 Å². The molecule has 5 nitrogen and oxygen atoms in total. The smallest absolute Gasteiger partial charge is 0.321 e. The molecule has 5 heteroatoms. The minimum atomic E-state index is -0.847. The Morgan fingerprint density at radius 3 is 2.13 bits per heavy atom. The lowest BCUT2D eigenvalue weighted by Gasteiger charge is -2.11. The molecule has 1 unspecified atom stereocenters. The third-order valence-corrected chi connectivity index (χ3v) is 2.79. The van der Waals surface area contributed by atoms with Crippen molar-refractivity contribution in [2.24, 2.45) is 5.16 Å². The highest BCUT2D eigenvalue weighted by Crippen LogP contribution is 2.08. The van der Waals surface area contributed by atoms with Gasteiger partial charge in [-0.2, -0.15) is 0 Å². The minimum absolute atomic E-state index is 0.452. The molecule has 2 N–H and O–H groups in total. The molecule has 0 aliphatic carbocycles. The van der Waals surface area contributed by atoms with Crippen molar-refractivity contribution in [2.45, 2.75) is 54.0 Å². The number of carboxylic acids is 1. The summed E-state index contributed by atoms with van der Waals surface area (Å²) in [5, 5.41) is 15.7. The minimum Gasteiger partial charge on any atom is -0.480 e. The second-order valence-corrected chi connectivity index (χ2v) is 4.18. The zero-order valence-electron chi connectivity index (χ0n) is 15.5. The molecule has 1 atom stereocenters. The number of nitrogens with zero attached hydrogens (tertiary/aromatic N) is 1. The van der Waals surface area contributed by atoms with Crippen LogP contribution in [0.1, 0.15) is 52.7 Å². The van der Waals surface area contributed by atoms with E-state index in [1.807, 2.05) is 65.8 Å². The van der Waals surface area contributed by atoms with E-state index in [4.69, 9.17) is 9.94 Å². The molecular formula is C18H32N2O3. The highest BCUT2D eigenvalue weighted by molar-refractivity contribution is 5.98. The maximum Gasteiger partial charge on any atom is 0.321 e. The van der Waals surface area contributed by atoms with Gasteiger partial charge in [-0.25, -0.2) is 0 Å². The lowest BCUT2D eigenvalue weighted by molar-refractivity contribution is -0.139. The molecule has 0 aliphatic heterocycles. The third-order valence-electron chi connectivity index (χ3n) is 2.79. The molecule has 1 aromatic rings. The van der Waals surface area contributed by atoms with Gasteiger partial charge in [-0.3, -0.25) is 4.79 Å². The van der Waals surface area contributed by atoms with E-state index in [1.165, 1.54) is 0 Å². The van der Waals surface area contributed by atoms with Crippen molar-refractivity contribution in [3.05, 3.63) is 35.4 Å². The Kier molecular flexibility index (Phi) is 15.3. The monoisotopic (exact) mass is 324 g/mol. The predicted molar refractivity (Wildman–Crippen MR) is 97.2 cm³/mol. The van der Waals surface area contributed by atoms with Crippen LogP contribution in [0.3, 0.4) is 0 Å². The van der Waals surface area contributed by atoms with Crippen LogP contribution in [0.2, 0.25) is 0 Å². The Labute approximate surface area is 140 Å². The summed E-state index contributed by atoms with van der Waals surface area (Å²) in [6.45, 7) is 12.3. The summed E-state index contributed by atoms with van der Waals surface area (Å²) in [5.41, 5.74) is 2.74. The first-order valence-corrected chi connectivity index (χ1v) is 8.24. The van der Waals surface area contributed by atoms with Crippen LogP contribution in [-0.4, -0.2) is 36.5 Å². The number of nitrogens with one attached hydrogen (secondary N) is 1. The van der Waals surface area contributed by atoms with Crippen molar-refractivity contribution in [3.8, 4) is 0 Å². The quantitative estimate of drug-likeness (QED) is 0.592. The van der Waals surface area contributed by atoms with Gasteiger partial charge in [0.1, 0.15) is 12.6 Å². The summed E-state index contributed by atoms with van der Waals surface area (Å²) in [6, 6.07) is 7.09. The highest BCUT2D eigenvalue weighted by atomic mass is 16.6. The van der Waals surface area contributed by atoms with Crippen molar-refractivity contribution in [1.29, 1.82) is 0 Å². The summed E-state index contributed by atoms with van der Waals surface area (Å²) < 4.78 is 0. The molecule has 0 heterocycles. The third kappa shape index (κ3) is 9.68. The number of hydrogen-bond acceptors (Lipinski definition) is 4. The van der Waals surface area contributed by atoms with Crippen LogP contribution >= 0.6 is 0 Å². The normalized spacial score (nSPS) is 11.3. The summed E-state index contributed by atoms with van der Waals surface area (Å²) in [7, 11) is 1.64. The van der Waals surface area contributed by atoms with Crippen LogP contribution in [0.25, 0.3) is 0 Å². The molecule has 1 aromatic carbocycles. The molecule has 0 aliphatic rings. The van der Waals surface area contributed by atoms with Gasteiger partial charge in [0.25, 0.3) is 0 Å². The van der Waals surface area contributed by atoms with E-state index >= 15 is 0 Å². The average molecular weight is 324 g/mol. The molecular weight excluding hydrogens is 292 g/mol. The molecule has 0 spiro atoms. The van der Waals surface area contributed by atoms with E-state index in [1.54, 1.807) is 7.05 Å². The van der Waals surface area contributed by atoms with Crippen LogP contribution in [-0.2, 0) is 16.1 Å². The molecule has 0 saturated heterocycles. The van der Waals surface area contributed by atoms with Gasteiger partial charge in [0.2, 0.25) is 0 Å². The van der Waals surface area contributed by atoms with E-state index in [0.29, 0.717) is 13.0 Å². The average Bonchev–Trinajstić information content (AvgIpc) is 2.61. The fraction of sp³-hybridized carbons (Fsp3) is 0.556. The second-order valence-electron chi connectivity index (χ2n) is 4.18. The van der Waals surface area contributed by atoms with Crippen molar-refractivity contribution in [1.82, 2.24) is 5.32 Å². The standard InChI is InChI=1S/C14H20N2O3.2C2H6/c1-4-19-16-10(2)12-7-5-11(6-8-12)9-13(15-3)14(17)18;2*1-2/h5-8,13,15H,4,9H2,1-3H3,(H,17,18);2*1-2H3/b16-10-;;. The predicted octanol–water partition coefficient (Wildman–Crippen LogP) is 3.71. The number of aliphatic carboxylic acids is 1. The molecule has 0 aromatic heterocycles. The maximum atomic E-state index is 10.9. The van der Waals surface area contributed by atoms with E-state index in [0.717, 1.165) is 16.8 Å². The van der Waals surface area contributed by atoms with Crippen LogP contribution < -0.4 is 5.32 Å². The lowest BCUT2D eigenvalue weighted by atomic mass is 10.0. The van der Waals surface area contributed by atoms with Gasteiger partial charge in [0, 0.05) is 0 Å². The van der Waals surface area contributed by atoms with Gasteiger partial charge >= 0.3 is 5.97 Å². The summed E-state index contributed by atoms with van der Waals surface area (Å²) in [4.78, 5) is 15.9. The first kappa shape index (κ1) is 23.4. The molecule has 132 valence electrons. The Balaban J connectivity index is 0. The van der Waals surface area contributed by atoms with Gasteiger partial charge in [0.05, 0.1) is 5.71 Å². The zero-order valence-corrected chi connectivity index (χ0v) is 15.5. The zero-order chi connectivity index (χ0) is 18.3. The SMILES string of the molecule is CC.CC.CCO/N=C(/C)c1ccc(CC(NC)C(=O)O)cc1. The van der Waals surface area contributed by atoms with Gasteiger partial charge in [-0.1, -0.05) is 57.1 Å². The summed E-state index contributed by atoms with van der Waals surface area (Å²) >= 11 is 0. The van der Waals surface area contributed by atoms with Gasteiger partial charge in [-0.15, -0.1) is 0 Å². The first-order chi connectivity index (χ1) is 11.1. The summed E-state index contributed by atoms with van der Waals surface area (Å²) in [6.07, 6.45) is 0.452. The Morgan fingerprint density at radius 1 is 1.22 bits per heavy atom. The maximum absolute atomic E-state index is 10.9. The number of carbonyl (C=O) groups is 1. The lowest BCUT2D eigenvalue weighted by Crippen LogP contribution is -2.35. The number of rotatable bonds is 7. The molecule has 0 saturated carbocycles. The van der Waals surface area contributed by atoms with Gasteiger partial charge in [-0.05, 0) is 38.4 Å². The number of benzene rings is 1. The Bertz CT molecular complexity index is 442. The molecule has 1 rings (SSSR count). The highest BCUT2D eigenvalue weighted by Gasteiger charge is 2.15. The number of likely N-dealkylation sites (N-methyl/N-ethyl adjacent to an activating group) is 1. The van der Waals surface area contributed by atoms with Gasteiger partial charge in [0.15, 0.2) is 0 Å². The van der Waals surface area contributed by atoms with Crippen molar-refractivity contribution < 1.29 is 14.7 Å². The van der Waals surface area contributed by atoms with Crippen molar-refractivity contribution in [3.63, 3.8) is 0 Å². The van der Waals surface area contributed by atoms with Crippen LogP contribution in [0, 0.1) is 0 Å². The largest absolute Gasteiger partial charge is 0.480 e. The number of carboxylic acid groups (broad SMARTS) is 1. The molecule has 0 amide bonds. The molecule has 0 radical (unpaired) electrons. The Morgan fingerprint density at radius 2 is 1.74 bits per heavy atom. The van der Waals surface area contributed by atoms with Crippen LogP contribution in [0.5, 0.6) is 0 Å². The van der Waals surface area contributed by atoms with E-state index in [2.05, 4.69) is 10.5 Å². The molecule has 0 fully saturated rings. The fourth-order valence-corrected chi connectivity index (χ4v) is 1.64.